The van der Waals surface area contributed by atoms with Gasteiger partial charge in [0, 0.05) is 17.5 Å². The molecule has 1 unspecified atom stereocenters. The summed E-state index contributed by atoms with van der Waals surface area (Å²) in [6.45, 7) is 4.52. The maximum atomic E-state index is 5.62. The number of ether oxygens (including phenoxy) is 2. The first kappa shape index (κ1) is 11.5. The third-order valence-corrected chi connectivity index (χ3v) is 2.41. The lowest BCUT2D eigenvalue weighted by atomic mass is 10.2. The number of benzene rings is 1. The van der Waals surface area contributed by atoms with Gasteiger partial charge in [-0.05, 0) is 19.9 Å². The van der Waals surface area contributed by atoms with E-state index in [-0.39, 0.29) is 6.29 Å². The van der Waals surface area contributed by atoms with Gasteiger partial charge in [0.1, 0.15) is 5.75 Å². The number of rotatable bonds is 5. The molecule has 1 aromatic carbocycles. The first-order valence-corrected chi connectivity index (χ1v) is 5.82. The predicted molar refractivity (Wildman–Crippen MR) is 60.8 cm³/mol. The van der Waals surface area contributed by atoms with E-state index in [4.69, 9.17) is 9.47 Å². The Morgan fingerprint density at radius 2 is 2.07 bits per heavy atom. The van der Waals surface area contributed by atoms with Crippen LogP contribution in [0.3, 0.4) is 0 Å². The molecule has 0 radical (unpaired) electrons. The van der Waals surface area contributed by atoms with Gasteiger partial charge in [0.2, 0.25) is 0 Å². The van der Waals surface area contributed by atoms with Gasteiger partial charge in [-0.25, -0.2) is 0 Å². The lowest BCUT2D eigenvalue weighted by molar-refractivity contribution is -0.0616. The zero-order valence-corrected chi connectivity index (χ0v) is 10.1. The summed E-state index contributed by atoms with van der Waals surface area (Å²) in [5.41, 5.74) is 1.14. The molecule has 0 bridgehead atoms. The molecule has 14 heavy (non-hydrogen) atoms. The SMILES string of the molecule is CCOC(C)Oc1ccccc1CBr. The molecule has 0 spiro atoms. The lowest BCUT2D eigenvalue weighted by Gasteiger charge is -2.16. The van der Waals surface area contributed by atoms with Crippen LogP contribution in [0.4, 0.5) is 0 Å². The van der Waals surface area contributed by atoms with Crippen molar-refractivity contribution in [3.05, 3.63) is 29.8 Å². The van der Waals surface area contributed by atoms with Crippen LogP contribution in [0.5, 0.6) is 5.75 Å². The van der Waals surface area contributed by atoms with Crippen LogP contribution < -0.4 is 4.74 Å². The Bertz CT molecular complexity index is 276. The van der Waals surface area contributed by atoms with E-state index in [2.05, 4.69) is 15.9 Å². The standard InChI is InChI=1S/C11H15BrO2/c1-3-13-9(2)14-11-7-5-4-6-10(11)8-12/h4-7,9H,3,8H2,1-2H3. The molecule has 0 aromatic heterocycles. The monoisotopic (exact) mass is 258 g/mol. The fourth-order valence-corrected chi connectivity index (χ4v) is 1.64. The van der Waals surface area contributed by atoms with Crippen LogP contribution in [0.25, 0.3) is 0 Å². The largest absolute Gasteiger partial charge is 0.465 e. The zero-order chi connectivity index (χ0) is 10.4. The summed E-state index contributed by atoms with van der Waals surface area (Å²) < 4.78 is 10.9. The molecule has 78 valence electrons. The van der Waals surface area contributed by atoms with Crippen LogP contribution >= 0.6 is 15.9 Å². The summed E-state index contributed by atoms with van der Waals surface area (Å²) in [4.78, 5) is 0. The maximum Gasteiger partial charge on any atom is 0.196 e. The van der Waals surface area contributed by atoms with Crippen LogP contribution in [-0.2, 0) is 10.1 Å². The average molecular weight is 259 g/mol. The second-order valence-electron chi connectivity index (χ2n) is 2.88. The number of hydrogen-bond acceptors (Lipinski definition) is 2. The van der Waals surface area contributed by atoms with Crippen molar-refractivity contribution in [3.63, 3.8) is 0 Å². The van der Waals surface area contributed by atoms with Crippen molar-refractivity contribution >= 4 is 15.9 Å². The summed E-state index contributed by atoms with van der Waals surface area (Å²) in [7, 11) is 0. The van der Waals surface area contributed by atoms with Crippen molar-refractivity contribution < 1.29 is 9.47 Å². The Morgan fingerprint density at radius 1 is 1.36 bits per heavy atom. The number of alkyl halides is 1. The van der Waals surface area contributed by atoms with Gasteiger partial charge in [-0.15, -0.1) is 0 Å². The molecule has 0 fully saturated rings. The summed E-state index contributed by atoms with van der Waals surface area (Å²) in [6.07, 6.45) is -0.194. The van der Waals surface area contributed by atoms with E-state index in [0.29, 0.717) is 6.61 Å². The molecular weight excluding hydrogens is 244 g/mol. The van der Waals surface area contributed by atoms with Crippen LogP contribution in [0.15, 0.2) is 24.3 Å². The van der Waals surface area contributed by atoms with E-state index < -0.39 is 0 Å². The fourth-order valence-electron chi connectivity index (χ4n) is 1.18. The van der Waals surface area contributed by atoms with Crippen LogP contribution in [0.1, 0.15) is 19.4 Å². The third-order valence-electron chi connectivity index (χ3n) is 1.81. The van der Waals surface area contributed by atoms with E-state index in [0.717, 1.165) is 16.6 Å². The Labute approximate surface area is 93.4 Å². The molecule has 0 aliphatic rings. The Morgan fingerprint density at radius 3 is 2.71 bits per heavy atom. The van der Waals surface area contributed by atoms with Crippen molar-refractivity contribution in [2.75, 3.05) is 6.61 Å². The molecular formula is C11H15BrO2. The molecule has 0 aliphatic carbocycles. The fraction of sp³-hybridized carbons (Fsp3) is 0.455. The lowest BCUT2D eigenvalue weighted by Crippen LogP contribution is -2.16. The van der Waals surface area contributed by atoms with Gasteiger partial charge >= 0.3 is 0 Å². The minimum atomic E-state index is -0.194. The molecule has 2 nitrogen and oxygen atoms in total. The second kappa shape index (κ2) is 6.04. The second-order valence-corrected chi connectivity index (χ2v) is 3.44. The molecule has 0 N–H and O–H groups in total. The average Bonchev–Trinajstić information content (AvgIpc) is 2.19. The molecule has 0 saturated carbocycles. The molecule has 3 heteroatoms. The van der Waals surface area contributed by atoms with Gasteiger partial charge in [0.25, 0.3) is 0 Å². The van der Waals surface area contributed by atoms with Crippen LogP contribution in [0, 0.1) is 0 Å². The summed E-state index contributed by atoms with van der Waals surface area (Å²) in [6, 6.07) is 7.93. The minimum absolute atomic E-state index is 0.194. The smallest absolute Gasteiger partial charge is 0.196 e. The molecule has 1 atom stereocenters. The number of para-hydroxylation sites is 1. The molecule has 1 rings (SSSR count). The first-order chi connectivity index (χ1) is 6.77. The first-order valence-electron chi connectivity index (χ1n) is 4.70. The van der Waals surface area contributed by atoms with Gasteiger partial charge < -0.3 is 9.47 Å². The van der Waals surface area contributed by atoms with E-state index in [1.54, 1.807) is 0 Å². The minimum Gasteiger partial charge on any atom is -0.465 e. The highest BCUT2D eigenvalue weighted by Crippen LogP contribution is 2.21. The summed E-state index contributed by atoms with van der Waals surface area (Å²) in [5.74, 6) is 0.880. The highest BCUT2D eigenvalue weighted by atomic mass is 79.9. The van der Waals surface area contributed by atoms with Crippen LogP contribution in [-0.4, -0.2) is 12.9 Å². The van der Waals surface area contributed by atoms with Gasteiger partial charge in [-0.1, -0.05) is 34.1 Å². The predicted octanol–water partition coefficient (Wildman–Crippen LogP) is 3.34. The van der Waals surface area contributed by atoms with E-state index >= 15 is 0 Å². The Balaban J connectivity index is 2.65. The maximum absolute atomic E-state index is 5.62. The zero-order valence-electron chi connectivity index (χ0n) is 8.50. The van der Waals surface area contributed by atoms with E-state index in [1.165, 1.54) is 0 Å². The van der Waals surface area contributed by atoms with Crippen molar-refractivity contribution in [1.29, 1.82) is 0 Å². The number of halogens is 1. The van der Waals surface area contributed by atoms with Gasteiger partial charge in [-0.2, -0.15) is 0 Å². The molecule has 0 saturated heterocycles. The third kappa shape index (κ3) is 3.31. The quantitative estimate of drug-likeness (QED) is 0.596. The molecule has 0 heterocycles. The van der Waals surface area contributed by atoms with E-state index in [1.807, 2.05) is 38.1 Å². The Kier molecular flexibility index (Phi) is 4.98. The topological polar surface area (TPSA) is 18.5 Å². The van der Waals surface area contributed by atoms with Gasteiger partial charge in [0.05, 0.1) is 0 Å². The highest BCUT2D eigenvalue weighted by molar-refractivity contribution is 9.08. The molecule has 1 aromatic rings. The van der Waals surface area contributed by atoms with E-state index in [9.17, 15) is 0 Å². The Hall–Kier alpha value is -0.540. The normalized spacial score (nSPS) is 12.5. The summed E-state index contributed by atoms with van der Waals surface area (Å²) in [5, 5.41) is 0.794. The van der Waals surface area contributed by atoms with Gasteiger partial charge in [0.15, 0.2) is 6.29 Å². The van der Waals surface area contributed by atoms with Crippen molar-refractivity contribution in [1.82, 2.24) is 0 Å². The van der Waals surface area contributed by atoms with Crippen molar-refractivity contribution in [2.45, 2.75) is 25.5 Å². The van der Waals surface area contributed by atoms with Crippen LogP contribution in [0.2, 0.25) is 0 Å². The molecule has 0 aliphatic heterocycles. The summed E-state index contributed by atoms with van der Waals surface area (Å²) >= 11 is 3.42. The number of hydrogen-bond donors (Lipinski definition) is 0. The molecule has 0 amide bonds. The highest BCUT2D eigenvalue weighted by Gasteiger charge is 2.06. The van der Waals surface area contributed by atoms with Crippen molar-refractivity contribution in [3.8, 4) is 5.75 Å². The van der Waals surface area contributed by atoms with Gasteiger partial charge in [-0.3, -0.25) is 0 Å². The van der Waals surface area contributed by atoms with Crippen molar-refractivity contribution in [2.24, 2.45) is 0 Å².